The minimum absolute atomic E-state index is 0. The molecule has 11 heteroatoms. The Balaban J connectivity index is 0.00000420. The summed E-state index contributed by atoms with van der Waals surface area (Å²) in [7, 11) is 3.64. The average molecular weight is 560 g/mol. The van der Waals surface area contributed by atoms with Gasteiger partial charge in [0.25, 0.3) is 5.91 Å². The monoisotopic (exact) mass is 559 g/mol. The first-order valence-electron chi connectivity index (χ1n) is 13.2. The molecule has 3 aromatic rings. The maximum absolute atomic E-state index is 13.6. The Labute approximate surface area is 235 Å². The van der Waals surface area contributed by atoms with Crippen LogP contribution in [0.2, 0.25) is 0 Å². The van der Waals surface area contributed by atoms with Crippen molar-refractivity contribution in [1.29, 1.82) is 0 Å². The van der Waals surface area contributed by atoms with Crippen molar-refractivity contribution in [1.82, 2.24) is 30.4 Å². The first-order valence-corrected chi connectivity index (χ1v) is 13.2. The van der Waals surface area contributed by atoms with Gasteiger partial charge < -0.3 is 10.2 Å². The van der Waals surface area contributed by atoms with E-state index in [1.165, 1.54) is 12.1 Å². The largest absolute Gasteiger partial charge is 0.315 e. The summed E-state index contributed by atoms with van der Waals surface area (Å²) in [6.45, 7) is 9.18. The van der Waals surface area contributed by atoms with Crippen LogP contribution in [0.1, 0.15) is 36.2 Å². The quantitative estimate of drug-likeness (QED) is 0.351. The van der Waals surface area contributed by atoms with Crippen LogP contribution in [0.15, 0.2) is 30.3 Å². The van der Waals surface area contributed by atoms with E-state index in [0.717, 1.165) is 51.9 Å². The molecule has 0 saturated carbocycles. The Morgan fingerprint density at radius 3 is 2.49 bits per heavy atom. The number of aromatic nitrogens is 2. The summed E-state index contributed by atoms with van der Waals surface area (Å²) in [5.41, 5.74) is 5.75. The van der Waals surface area contributed by atoms with Crippen LogP contribution in [-0.2, 0) is 36.1 Å². The van der Waals surface area contributed by atoms with E-state index in [4.69, 9.17) is 0 Å². The van der Waals surface area contributed by atoms with E-state index in [2.05, 4.69) is 28.7 Å². The number of aryl methyl sites for hydroxylation is 3. The predicted molar refractivity (Wildman–Crippen MR) is 154 cm³/mol. The van der Waals surface area contributed by atoms with Gasteiger partial charge in [0, 0.05) is 57.0 Å². The van der Waals surface area contributed by atoms with Crippen molar-refractivity contribution >= 4 is 40.8 Å². The number of anilines is 1. The van der Waals surface area contributed by atoms with Crippen molar-refractivity contribution in [3.8, 4) is 0 Å². The number of hydrogen-bond acceptors (Lipinski definition) is 6. The van der Waals surface area contributed by atoms with Gasteiger partial charge in [-0.2, -0.15) is 5.10 Å². The third-order valence-electron chi connectivity index (χ3n) is 7.17. The molecule has 9 nitrogen and oxygen atoms in total. The van der Waals surface area contributed by atoms with Gasteiger partial charge in [-0.3, -0.25) is 24.6 Å². The summed E-state index contributed by atoms with van der Waals surface area (Å²) >= 11 is 0. The van der Waals surface area contributed by atoms with Gasteiger partial charge in [-0.1, -0.05) is 19.9 Å². The maximum Gasteiger partial charge on any atom is 0.250 e. The molecule has 0 radical (unpaired) electrons. The van der Waals surface area contributed by atoms with Crippen molar-refractivity contribution in [3.63, 3.8) is 0 Å². The molecule has 0 aliphatic carbocycles. The number of hydrazine groups is 1. The number of likely N-dealkylation sites (N-methyl/N-ethyl adjacent to an activating group) is 2. The molecule has 2 amide bonds. The lowest BCUT2D eigenvalue weighted by Gasteiger charge is -2.28. The number of nitrogens with one attached hydrogen (secondary N) is 2. The van der Waals surface area contributed by atoms with E-state index < -0.39 is 0 Å². The van der Waals surface area contributed by atoms with Crippen LogP contribution in [0.25, 0.3) is 10.9 Å². The highest BCUT2D eigenvalue weighted by atomic mass is 35.5. The number of hydrogen-bond donors (Lipinski definition) is 2. The van der Waals surface area contributed by atoms with Crippen molar-refractivity contribution in [2.75, 3.05) is 44.7 Å². The van der Waals surface area contributed by atoms with Crippen LogP contribution in [0, 0.1) is 12.7 Å². The third kappa shape index (κ3) is 6.75. The summed E-state index contributed by atoms with van der Waals surface area (Å²) in [5, 5.41) is 15.5. The predicted octanol–water partition coefficient (Wildman–Crippen LogP) is 2.93. The molecule has 2 N–H and O–H groups in total. The van der Waals surface area contributed by atoms with Gasteiger partial charge in [-0.15, -0.1) is 12.4 Å². The Kier molecular flexibility index (Phi) is 10.4. The summed E-state index contributed by atoms with van der Waals surface area (Å²) in [4.78, 5) is 28.0. The molecule has 0 unspecified atom stereocenters. The third-order valence-corrected chi connectivity index (χ3v) is 7.17. The highest BCUT2D eigenvalue weighted by Gasteiger charge is 2.26. The van der Waals surface area contributed by atoms with Crippen LogP contribution in [0.4, 0.5) is 10.1 Å². The smallest absolute Gasteiger partial charge is 0.250 e. The second-order valence-electron chi connectivity index (χ2n) is 9.74. The molecule has 1 aliphatic rings. The SMILES string of the molecule is CCNCCN(C(=O)CNCC(=O)N(C)N1Cc2ccc(F)cc2C1)c1cc2nn(C)c(CC)c2cc1C.Cl. The van der Waals surface area contributed by atoms with E-state index in [1.807, 2.05) is 36.7 Å². The Morgan fingerprint density at radius 2 is 1.77 bits per heavy atom. The first-order chi connectivity index (χ1) is 18.2. The normalized spacial score (nSPS) is 12.9. The maximum atomic E-state index is 13.6. The molecule has 0 fully saturated rings. The highest BCUT2D eigenvalue weighted by Crippen LogP contribution is 2.29. The second kappa shape index (κ2) is 13.3. The van der Waals surface area contributed by atoms with Crippen LogP contribution in [-0.4, -0.2) is 71.4 Å². The van der Waals surface area contributed by atoms with Gasteiger partial charge in [0.2, 0.25) is 5.91 Å². The lowest BCUT2D eigenvalue weighted by atomic mass is 10.1. The summed E-state index contributed by atoms with van der Waals surface area (Å²) in [6, 6.07) is 8.81. The fourth-order valence-electron chi connectivity index (χ4n) is 5.05. The number of benzene rings is 2. The van der Waals surface area contributed by atoms with Gasteiger partial charge in [0.05, 0.1) is 18.6 Å². The van der Waals surface area contributed by atoms with Crippen molar-refractivity contribution in [2.45, 2.75) is 40.3 Å². The fraction of sp³-hybridized carbons (Fsp3) is 0.464. The second-order valence-corrected chi connectivity index (χ2v) is 9.74. The summed E-state index contributed by atoms with van der Waals surface area (Å²) in [6.07, 6.45) is 0.877. The molecule has 39 heavy (non-hydrogen) atoms. The van der Waals surface area contributed by atoms with Gasteiger partial charge in [-0.25, -0.2) is 9.40 Å². The van der Waals surface area contributed by atoms with Gasteiger partial charge in [-0.05, 0) is 60.8 Å². The van der Waals surface area contributed by atoms with E-state index >= 15 is 0 Å². The van der Waals surface area contributed by atoms with Gasteiger partial charge in [0.15, 0.2) is 0 Å². The molecule has 1 aliphatic heterocycles. The zero-order valence-corrected chi connectivity index (χ0v) is 24.2. The molecular formula is C28H39ClFN7O2. The number of fused-ring (bicyclic) bond motifs is 2. The molecule has 2 heterocycles. The number of carbonyl (C=O) groups is 2. The number of amides is 2. The lowest BCUT2D eigenvalue weighted by Crippen LogP contribution is -2.47. The van der Waals surface area contributed by atoms with Crippen molar-refractivity contribution < 1.29 is 14.0 Å². The lowest BCUT2D eigenvalue weighted by molar-refractivity contribution is -0.145. The standard InChI is InChI=1S/C28H38FN7O2.ClH/c1-6-25-23-12-19(3)26(14-24(23)32-33(25)4)36(11-10-30-7-2)28(38)16-31-15-27(37)34(5)35-17-20-8-9-22(29)13-21(20)18-35;/h8-9,12-14,30-31H,6-7,10-11,15-18H2,1-5H3;1H. The molecule has 2 aromatic carbocycles. The average Bonchev–Trinajstić information content (AvgIpc) is 3.44. The van der Waals surface area contributed by atoms with Crippen LogP contribution in [0.3, 0.4) is 0 Å². The fourth-order valence-corrected chi connectivity index (χ4v) is 5.05. The Bertz CT molecular complexity index is 1330. The van der Waals surface area contributed by atoms with Crippen molar-refractivity contribution in [3.05, 3.63) is 58.5 Å². The minimum atomic E-state index is -0.276. The van der Waals surface area contributed by atoms with E-state index in [0.29, 0.717) is 26.2 Å². The zero-order valence-electron chi connectivity index (χ0n) is 23.4. The molecule has 212 valence electrons. The van der Waals surface area contributed by atoms with Crippen LogP contribution in [0.5, 0.6) is 0 Å². The zero-order chi connectivity index (χ0) is 27.4. The van der Waals surface area contributed by atoms with Crippen LogP contribution >= 0.6 is 12.4 Å². The molecule has 4 rings (SSSR count). The van der Waals surface area contributed by atoms with Crippen LogP contribution < -0.4 is 15.5 Å². The van der Waals surface area contributed by atoms with E-state index in [9.17, 15) is 14.0 Å². The molecule has 0 bridgehead atoms. The molecular weight excluding hydrogens is 521 g/mol. The first kappa shape index (κ1) is 30.5. The van der Waals surface area contributed by atoms with Gasteiger partial charge in [0.1, 0.15) is 5.82 Å². The number of rotatable bonds is 11. The summed E-state index contributed by atoms with van der Waals surface area (Å²) in [5.74, 6) is -0.554. The van der Waals surface area contributed by atoms with Crippen molar-refractivity contribution in [2.24, 2.45) is 7.05 Å². The van der Waals surface area contributed by atoms with Gasteiger partial charge >= 0.3 is 0 Å². The topological polar surface area (TPSA) is 85.7 Å². The van der Waals surface area contributed by atoms with E-state index in [1.54, 1.807) is 23.0 Å². The molecule has 0 atom stereocenters. The Morgan fingerprint density at radius 1 is 1.05 bits per heavy atom. The highest BCUT2D eigenvalue weighted by molar-refractivity contribution is 5.98. The van der Waals surface area contributed by atoms with E-state index in [-0.39, 0.29) is 43.1 Å². The number of carbonyl (C=O) groups excluding carboxylic acids is 2. The minimum Gasteiger partial charge on any atom is -0.315 e. The number of nitrogens with zero attached hydrogens (tertiary/aromatic N) is 5. The molecule has 0 saturated heterocycles. The Hall–Kier alpha value is -3.05. The molecule has 0 spiro atoms. The summed E-state index contributed by atoms with van der Waals surface area (Å²) < 4.78 is 15.5. The number of halogens is 2. The molecule has 1 aromatic heterocycles.